The summed E-state index contributed by atoms with van der Waals surface area (Å²) in [5.41, 5.74) is 5.67. The molecule has 1 heterocycles. The van der Waals surface area contributed by atoms with Crippen LogP contribution in [0.1, 0.15) is 47.0 Å². The molecule has 1 saturated heterocycles. The minimum atomic E-state index is -1.04. The van der Waals surface area contributed by atoms with Crippen LogP contribution in [-0.4, -0.2) is 70.2 Å². The van der Waals surface area contributed by atoms with E-state index in [9.17, 15) is 24.3 Å². The molecule has 3 amide bonds. The van der Waals surface area contributed by atoms with Gasteiger partial charge in [0.25, 0.3) is 0 Å². The smallest absolute Gasteiger partial charge is 0.326 e. The number of nitrogens with one attached hydrogen (secondary N) is 2. The third-order valence-electron chi connectivity index (χ3n) is 5.38. The molecule has 0 aliphatic carbocycles. The number of aliphatic carboxylic acids is 1. The summed E-state index contributed by atoms with van der Waals surface area (Å²) in [5, 5.41) is 14.8. The molecule has 0 radical (unpaired) electrons. The maximum Gasteiger partial charge on any atom is 0.326 e. The number of amides is 3. The van der Waals surface area contributed by atoms with E-state index in [0.29, 0.717) is 25.8 Å². The molecule has 0 aromatic rings. The molecular weight excluding hydrogens is 396 g/mol. The summed E-state index contributed by atoms with van der Waals surface area (Å²) in [4.78, 5) is 50.9. The summed E-state index contributed by atoms with van der Waals surface area (Å²) in [6.45, 7) is 7.62. The van der Waals surface area contributed by atoms with Crippen LogP contribution in [0.25, 0.3) is 0 Å². The largest absolute Gasteiger partial charge is 0.480 e. The number of carbonyl (C=O) groups is 4. The van der Waals surface area contributed by atoms with Crippen LogP contribution in [0.2, 0.25) is 0 Å². The highest BCUT2D eigenvalue weighted by Crippen LogP contribution is 2.21. The predicted molar refractivity (Wildman–Crippen MR) is 112 cm³/mol. The Morgan fingerprint density at radius 1 is 1.14 bits per heavy atom. The fraction of sp³-hybridized carbons (Fsp3) is 0.789. The van der Waals surface area contributed by atoms with E-state index in [4.69, 9.17) is 5.73 Å². The van der Waals surface area contributed by atoms with Crippen LogP contribution in [0.5, 0.6) is 0 Å². The second-order valence-corrected chi connectivity index (χ2v) is 8.28. The Bertz CT molecular complexity index is 615. The van der Waals surface area contributed by atoms with Crippen LogP contribution in [0, 0.1) is 11.8 Å². The van der Waals surface area contributed by atoms with Gasteiger partial charge in [-0.2, -0.15) is 12.6 Å². The lowest BCUT2D eigenvalue weighted by Gasteiger charge is -2.32. The van der Waals surface area contributed by atoms with E-state index in [1.807, 2.05) is 13.8 Å². The first kappa shape index (κ1) is 25.2. The van der Waals surface area contributed by atoms with Crippen molar-refractivity contribution in [2.45, 2.75) is 71.1 Å². The highest BCUT2D eigenvalue weighted by molar-refractivity contribution is 7.80. The summed E-state index contributed by atoms with van der Waals surface area (Å²) >= 11 is 3.99. The number of thiol groups is 1. The molecule has 0 aromatic carbocycles. The molecule has 0 aromatic heterocycles. The van der Waals surface area contributed by atoms with Gasteiger partial charge in [0.2, 0.25) is 17.7 Å². The highest BCUT2D eigenvalue weighted by atomic mass is 32.1. The molecular formula is C19H34N4O5S. The van der Waals surface area contributed by atoms with E-state index >= 15 is 0 Å². The number of hydrogen-bond acceptors (Lipinski definition) is 6. The van der Waals surface area contributed by atoms with Gasteiger partial charge in [0.15, 0.2) is 0 Å². The molecule has 9 nitrogen and oxygen atoms in total. The highest BCUT2D eigenvalue weighted by Gasteiger charge is 2.40. The Kier molecular flexibility index (Phi) is 9.91. The minimum absolute atomic E-state index is 0.137. The Balaban J connectivity index is 3.00. The third-order valence-corrected chi connectivity index (χ3v) is 5.77. The fourth-order valence-corrected chi connectivity index (χ4v) is 3.44. The molecule has 1 fully saturated rings. The lowest BCUT2D eigenvalue weighted by molar-refractivity contribution is -0.150. The maximum absolute atomic E-state index is 13.1. The Morgan fingerprint density at radius 3 is 2.21 bits per heavy atom. The quantitative estimate of drug-likeness (QED) is 0.309. The Labute approximate surface area is 177 Å². The molecule has 29 heavy (non-hydrogen) atoms. The Morgan fingerprint density at radius 2 is 1.72 bits per heavy atom. The summed E-state index contributed by atoms with van der Waals surface area (Å²) in [6, 6.07) is -3.47. The van der Waals surface area contributed by atoms with Crippen molar-refractivity contribution in [3.8, 4) is 0 Å². The summed E-state index contributed by atoms with van der Waals surface area (Å²) in [7, 11) is 0. The van der Waals surface area contributed by atoms with Gasteiger partial charge in [-0.3, -0.25) is 14.4 Å². The van der Waals surface area contributed by atoms with Crippen molar-refractivity contribution >= 4 is 36.3 Å². The Hall–Kier alpha value is -1.81. The van der Waals surface area contributed by atoms with Crippen molar-refractivity contribution in [2.75, 3.05) is 12.3 Å². The zero-order valence-electron chi connectivity index (χ0n) is 17.6. The number of nitrogens with zero attached hydrogens (tertiary/aromatic N) is 1. The van der Waals surface area contributed by atoms with Gasteiger partial charge in [0.05, 0.1) is 6.04 Å². The zero-order valence-corrected chi connectivity index (χ0v) is 18.4. The van der Waals surface area contributed by atoms with Crippen molar-refractivity contribution in [1.29, 1.82) is 0 Å². The van der Waals surface area contributed by atoms with Crippen molar-refractivity contribution in [1.82, 2.24) is 15.5 Å². The summed E-state index contributed by atoms with van der Waals surface area (Å²) in [6.07, 6.45) is 1.62. The number of hydrogen-bond donors (Lipinski definition) is 5. The van der Waals surface area contributed by atoms with Gasteiger partial charge < -0.3 is 26.4 Å². The van der Waals surface area contributed by atoms with Gasteiger partial charge in [-0.25, -0.2) is 4.79 Å². The molecule has 1 aliphatic rings. The summed E-state index contributed by atoms with van der Waals surface area (Å²) < 4.78 is 0. The SMILES string of the molecule is CCC(C)C(NC(=O)C(NC(=O)C(N)CS)C(C)C)C(=O)N1CCCC1C(=O)O. The van der Waals surface area contributed by atoms with E-state index in [-0.39, 0.29) is 17.6 Å². The predicted octanol–water partition coefficient (Wildman–Crippen LogP) is -0.00920. The van der Waals surface area contributed by atoms with Gasteiger partial charge >= 0.3 is 5.97 Å². The number of carboxylic acids is 1. The topological polar surface area (TPSA) is 142 Å². The standard InChI is InChI=1S/C19H34N4O5S/c1-5-11(4)15(18(26)23-8-6-7-13(23)19(27)28)22-17(25)14(10(2)3)21-16(24)12(20)9-29/h10-15,29H,5-9,20H2,1-4H3,(H,21,24)(H,22,25)(H,27,28). The first-order chi connectivity index (χ1) is 13.5. The lowest BCUT2D eigenvalue weighted by atomic mass is 9.95. The van der Waals surface area contributed by atoms with Gasteiger partial charge in [0, 0.05) is 12.3 Å². The van der Waals surface area contributed by atoms with Crippen molar-refractivity contribution < 1.29 is 24.3 Å². The van der Waals surface area contributed by atoms with E-state index in [0.717, 1.165) is 0 Å². The van der Waals surface area contributed by atoms with Crippen LogP contribution >= 0.6 is 12.6 Å². The second kappa shape index (κ2) is 11.4. The van der Waals surface area contributed by atoms with E-state index in [2.05, 4.69) is 23.3 Å². The number of rotatable bonds is 10. The molecule has 10 heteroatoms. The zero-order chi connectivity index (χ0) is 22.3. The number of nitrogens with two attached hydrogens (primary N) is 1. The van der Waals surface area contributed by atoms with Gasteiger partial charge in [-0.15, -0.1) is 0 Å². The molecule has 5 atom stereocenters. The molecule has 0 spiro atoms. The van der Waals surface area contributed by atoms with Crippen molar-refractivity contribution in [3.05, 3.63) is 0 Å². The van der Waals surface area contributed by atoms with Crippen LogP contribution in [-0.2, 0) is 19.2 Å². The monoisotopic (exact) mass is 430 g/mol. The van der Waals surface area contributed by atoms with Gasteiger partial charge in [-0.05, 0) is 24.7 Å². The first-order valence-corrected chi connectivity index (χ1v) is 10.7. The fourth-order valence-electron chi connectivity index (χ4n) is 3.27. The minimum Gasteiger partial charge on any atom is -0.480 e. The molecule has 1 rings (SSSR count). The van der Waals surface area contributed by atoms with Crippen molar-refractivity contribution in [2.24, 2.45) is 17.6 Å². The first-order valence-electron chi connectivity index (χ1n) is 10.1. The van der Waals surface area contributed by atoms with Crippen LogP contribution in [0.3, 0.4) is 0 Å². The van der Waals surface area contributed by atoms with Crippen LogP contribution in [0.15, 0.2) is 0 Å². The van der Waals surface area contributed by atoms with Crippen molar-refractivity contribution in [3.63, 3.8) is 0 Å². The average molecular weight is 431 g/mol. The second-order valence-electron chi connectivity index (χ2n) is 7.92. The maximum atomic E-state index is 13.1. The van der Waals surface area contributed by atoms with Gasteiger partial charge in [-0.1, -0.05) is 34.1 Å². The lowest BCUT2D eigenvalue weighted by Crippen LogP contribution is -2.60. The molecule has 1 aliphatic heterocycles. The normalized spacial score (nSPS) is 20.7. The number of carboxylic acid groups (broad SMARTS) is 1. The van der Waals surface area contributed by atoms with Gasteiger partial charge in [0.1, 0.15) is 18.1 Å². The summed E-state index contributed by atoms with van der Waals surface area (Å²) in [5.74, 6) is -2.74. The van der Waals surface area contributed by atoms with E-state index in [1.165, 1.54) is 4.90 Å². The van der Waals surface area contributed by atoms with Crippen LogP contribution < -0.4 is 16.4 Å². The molecule has 5 N–H and O–H groups in total. The molecule has 5 unspecified atom stereocenters. The number of carbonyl (C=O) groups excluding carboxylic acids is 3. The number of likely N-dealkylation sites (tertiary alicyclic amines) is 1. The molecule has 166 valence electrons. The van der Waals surface area contributed by atoms with Crippen LogP contribution in [0.4, 0.5) is 0 Å². The van der Waals surface area contributed by atoms with E-state index in [1.54, 1.807) is 13.8 Å². The molecule has 0 saturated carbocycles. The average Bonchev–Trinajstić information content (AvgIpc) is 3.17. The molecule has 0 bridgehead atoms. The van der Waals surface area contributed by atoms with E-state index < -0.39 is 47.9 Å². The third kappa shape index (κ3) is 6.60.